The molecule has 0 saturated heterocycles. The Kier molecular flexibility index (Phi) is 6.44. The van der Waals surface area contributed by atoms with E-state index in [1.54, 1.807) is 31.8 Å². The number of aryl methyl sites for hydroxylation is 4. The minimum Gasteiger partial charge on any atom is -0.288 e. The fourth-order valence-corrected chi connectivity index (χ4v) is 1.47. The van der Waals surface area contributed by atoms with Gasteiger partial charge in [0.15, 0.2) is 0 Å². The molecule has 2 aromatic rings. The van der Waals surface area contributed by atoms with E-state index < -0.39 is 5.69 Å². The molecular formula is C13H21N5O3. The molecule has 2 aromatic heterocycles. The van der Waals surface area contributed by atoms with E-state index in [4.69, 9.17) is 0 Å². The summed E-state index contributed by atoms with van der Waals surface area (Å²) >= 11 is 0. The Morgan fingerprint density at radius 2 is 1.52 bits per heavy atom. The van der Waals surface area contributed by atoms with Gasteiger partial charge in [-0.15, -0.1) is 0 Å². The lowest BCUT2D eigenvalue weighted by atomic mass is 10.4. The highest BCUT2D eigenvalue weighted by atomic mass is 16.2. The smallest absolute Gasteiger partial charge is 0.288 e. The predicted molar refractivity (Wildman–Crippen MR) is 80.4 cm³/mol. The van der Waals surface area contributed by atoms with Crippen molar-refractivity contribution in [3.63, 3.8) is 0 Å². The van der Waals surface area contributed by atoms with Gasteiger partial charge in [-0.3, -0.25) is 18.8 Å². The van der Waals surface area contributed by atoms with Crippen molar-refractivity contribution in [1.29, 1.82) is 0 Å². The minimum atomic E-state index is -0.402. The standard InChI is InChI=1S/C6H9N3O2.C6H8N2O.CH4/c1-4-5(10)8(2)6(11)9(3)7-4;1-5-6(9)3-4-8(2)7-5;/h1-3H3;3-4H,1-2H3;1H4. The molecule has 0 bridgehead atoms. The normalized spacial score (nSPS) is 9.38. The Morgan fingerprint density at radius 3 is 2.00 bits per heavy atom. The van der Waals surface area contributed by atoms with Crippen LogP contribution in [0.15, 0.2) is 26.6 Å². The van der Waals surface area contributed by atoms with Crippen LogP contribution in [-0.4, -0.2) is 24.1 Å². The lowest BCUT2D eigenvalue weighted by molar-refractivity contribution is 0.587. The van der Waals surface area contributed by atoms with E-state index in [9.17, 15) is 14.4 Å². The Labute approximate surface area is 122 Å². The van der Waals surface area contributed by atoms with Crippen molar-refractivity contribution in [3.8, 4) is 0 Å². The van der Waals surface area contributed by atoms with Crippen molar-refractivity contribution >= 4 is 0 Å². The average molecular weight is 295 g/mol. The molecule has 0 fully saturated rings. The predicted octanol–water partition coefficient (Wildman–Crippen LogP) is -0.488. The van der Waals surface area contributed by atoms with Gasteiger partial charge >= 0.3 is 5.69 Å². The topological polar surface area (TPSA) is 91.8 Å². The molecule has 0 aromatic carbocycles. The van der Waals surface area contributed by atoms with Gasteiger partial charge in [0.2, 0.25) is 5.43 Å². The van der Waals surface area contributed by atoms with Crippen molar-refractivity contribution in [2.24, 2.45) is 21.1 Å². The third-order valence-corrected chi connectivity index (χ3v) is 2.58. The summed E-state index contributed by atoms with van der Waals surface area (Å²) < 4.78 is 3.77. The molecule has 8 nitrogen and oxygen atoms in total. The van der Waals surface area contributed by atoms with Crippen molar-refractivity contribution in [3.05, 3.63) is 54.7 Å². The van der Waals surface area contributed by atoms with Crippen LogP contribution in [0.2, 0.25) is 0 Å². The van der Waals surface area contributed by atoms with Crippen LogP contribution in [0.1, 0.15) is 18.8 Å². The van der Waals surface area contributed by atoms with Gasteiger partial charge in [-0.2, -0.15) is 10.2 Å². The summed E-state index contributed by atoms with van der Waals surface area (Å²) in [4.78, 5) is 32.7. The number of hydrogen-bond acceptors (Lipinski definition) is 5. The highest BCUT2D eigenvalue weighted by Gasteiger charge is 2.02. The van der Waals surface area contributed by atoms with Crippen LogP contribution in [0.3, 0.4) is 0 Å². The summed E-state index contributed by atoms with van der Waals surface area (Å²) in [6.45, 7) is 3.27. The maximum Gasteiger partial charge on any atom is 0.346 e. The molecule has 0 unspecified atom stereocenters. The molecule has 2 heterocycles. The molecule has 8 heteroatoms. The average Bonchev–Trinajstić information content (AvgIpc) is 2.39. The maximum absolute atomic E-state index is 11.0. The quantitative estimate of drug-likeness (QED) is 0.654. The molecule has 0 aliphatic heterocycles. The highest BCUT2D eigenvalue weighted by molar-refractivity contribution is 4.97. The number of rotatable bonds is 0. The Morgan fingerprint density at radius 1 is 0.952 bits per heavy atom. The molecule has 0 aliphatic rings. The van der Waals surface area contributed by atoms with E-state index in [0.717, 1.165) is 9.25 Å². The first-order valence-electron chi connectivity index (χ1n) is 5.85. The Hall–Kier alpha value is -2.51. The molecule has 0 saturated carbocycles. The molecular weight excluding hydrogens is 274 g/mol. The van der Waals surface area contributed by atoms with Crippen molar-refractivity contribution in [2.45, 2.75) is 21.3 Å². The molecule has 0 spiro atoms. The van der Waals surface area contributed by atoms with Crippen LogP contribution < -0.4 is 16.7 Å². The van der Waals surface area contributed by atoms with Crippen molar-refractivity contribution in [2.75, 3.05) is 0 Å². The molecule has 21 heavy (non-hydrogen) atoms. The monoisotopic (exact) mass is 295 g/mol. The van der Waals surface area contributed by atoms with Gasteiger partial charge in [0.1, 0.15) is 11.4 Å². The fourth-order valence-electron chi connectivity index (χ4n) is 1.47. The second-order valence-electron chi connectivity index (χ2n) is 4.29. The zero-order valence-electron chi connectivity index (χ0n) is 12.1. The van der Waals surface area contributed by atoms with Gasteiger partial charge in [-0.1, -0.05) is 7.43 Å². The van der Waals surface area contributed by atoms with E-state index in [2.05, 4.69) is 10.2 Å². The zero-order valence-corrected chi connectivity index (χ0v) is 12.1. The first kappa shape index (κ1) is 18.5. The van der Waals surface area contributed by atoms with Crippen LogP contribution in [0.25, 0.3) is 0 Å². The van der Waals surface area contributed by atoms with Crippen LogP contribution in [0, 0.1) is 13.8 Å². The minimum absolute atomic E-state index is 0. The van der Waals surface area contributed by atoms with Gasteiger partial charge in [-0.05, 0) is 13.8 Å². The van der Waals surface area contributed by atoms with E-state index in [0.29, 0.717) is 11.4 Å². The SMILES string of the molecule is C.Cc1nn(C)c(=O)n(C)c1=O.Cc1nn(C)ccc1=O. The van der Waals surface area contributed by atoms with E-state index >= 15 is 0 Å². The third-order valence-electron chi connectivity index (χ3n) is 2.58. The van der Waals surface area contributed by atoms with Crippen LogP contribution in [-0.2, 0) is 21.1 Å². The van der Waals surface area contributed by atoms with Gasteiger partial charge < -0.3 is 0 Å². The summed E-state index contributed by atoms with van der Waals surface area (Å²) in [5.41, 5.74) is 0.122. The summed E-state index contributed by atoms with van der Waals surface area (Å²) in [5.74, 6) is 0. The summed E-state index contributed by atoms with van der Waals surface area (Å²) in [6, 6.07) is 1.50. The lowest BCUT2D eigenvalue weighted by Crippen LogP contribution is -2.39. The molecule has 116 valence electrons. The largest absolute Gasteiger partial charge is 0.346 e. The summed E-state index contributed by atoms with van der Waals surface area (Å²) in [7, 11) is 4.72. The summed E-state index contributed by atoms with van der Waals surface area (Å²) in [6.07, 6.45) is 1.63. The summed E-state index contributed by atoms with van der Waals surface area (Å²) in [5, 5.41) is 7.58. The van der Waals surface area contributed by atoms with E-state index in [1.165, 1.54) is 20.2 Å². The molecule has 0 atom stereocenters. The van der Waals surface area contributed by atoms with E-state index in [1.807, 2.05) is 0 Å². The highest BCUT2D eigenvalue weighted by Crippen LogP contribution is 1.77. The number of nitrogens with zero attached hydrogens (tertiary/aromatic N) is 5. The molecule has 0 N–H and O–H groups in total. The molecule has 2 rings (SSSR count). The van der Waals surface area contributed by atoms with Crippen molar-refractivity contribution in [1.82, 2.24) is 24.1 Å². The van der Waals surface area contributed by atoms with Crippen molar-refractivity contribution < 1.29 is 0 Å². The third kappa shape index (κ3) is 4.51. The number of aromatic nitrogens is 5. The maximum atomic E-state index is 11.0. The Balaban J connectivity index is 0.000000370. The first-order chi connectivity index (χ1) is 9.23. The van der Waals surface area contributed by atoms with Gasteiger partial charge in [0.05, 0.1) is 0 Å². The molecule has 0 radical (unpaired) electrons. The van der Waals surface area contributed by atoms with E-state index in [-0.39, 0.29) is 18.4 Å². The zero-order chi connectivity index (χ0) is 15.4. The van der Waals surface area contributed by atoms with Crippen LogP contribution >= 0.6 is 0 Å². The second kappa shape index (κ2) is 7.32. The first-order valence-corrected chi connectivity index (χ1v) is 5.85. The van der Waals surface area contributed by atoms with Gasteiger partial charge in [0, 0.05) is 33.4 Å². The number of hydrogen-bond donors (Lipinski definition) is 0. The molecule has 0 amide bonds. The second-order valence-corrected chi connectivity index (χ2v) is 4.29. The Bertz CT molecular complexity index is 751. The van der Waals surface area contributed by atoms with Gasteiger partial charge in [0.25, 0.3) is 5.56 Å². The lowest BCUT2D eigenvalue weighted by Gasteiger charge is -2.00. The fraction of sp³-hybridized carbons (Fsp3) is 0.462. The van der Waals surface area contributed by atoms with Gasteiger partial charge in [-0.25, -0.2) is 9.48 Å². The van der Waals surface area contributed by atoms with Crippen LogP contribution in [0.4, 0.5) is 0 Å². The molecule has 0 aliphatic carbocycles. The van der Waals surface area contributed by atoms with Crippen LogP contribution in [0.5, 0.6) is 0 Å².